The van der Waals surface area contributed by atoms with Gasteiger partial charge in [-0.05, 0) is 56.6 Å². The van der Waals surface area contributed by atoms with E-state index in [1.165, 1.54) is 0 Å². The SMILES string of the molecule is CCCN(C(=O)Nc1ccc(OC)cc1)C1CCNCC1. The lowest BCUT2D eigenvalue weighted by molar-refractivity contribution is 0.171. The number of nitrogens with zero attached hydrogens (tertiary/aromatic N) is 1. The van der Waals surface area contributed by atoms with Gasteiger partial charge in [0.15, 0.2) is 0 Å². The Morgan fingerprint density at radius 1 is 1.33 bits per heavy atom. The van der Waals surface area contributed by atoms with Gasteiger partial charge < -0.3 is 20.3 Å². The molecule has 2 rings (SSSR count). The Balaban J connectivity index is 1.99. The summed E-state index contributed by atoms with van der Waals surface area (Å²) in [5, 5.41) is 6.33. The lowest BCUT2D eigenvalue weighted by atomic mass is 10.0. The molecular weight excluding hydrogens is 266 g/mol. The van der Waals surface area contributed by atoms with Crippen LogP contribution in [0.5, 0.6) is 5.75 Å². The number of nitrogens with one attached hydrogen (secondary N) is 2. The van der Waals surface area contributed by atoms with Crippen LogP contribution in [0.2, 0.25) is 0 Å². The summed E-state index contributed by atoms with van der Waals surface area (Å²) in [5.74, 6) is 0.789. The van der Waals surface area contributed by atoms with Crippen molar-refractivity contribution < 1.29 is 9.53 Å². The Morgan fingerprint density at radius 3 is 2.57 bits per heavy atom. The van der Waals surface area contributed by atoms with Crippen LogP contribution in [-0.2, 0) is 0 Å². The highest BCUT2D eigenvalue weighted by molar-refractivity contribution is 5.89. The number of carbonyl (C=O) groups is 1. The number of benzene rings is 1. The second kappa shape index (κ2) is 7.88. The van der Waals surface area contributed by atoms with Crippen molar-refractivity contribution in [1.82, 2.24) is 10.2 Å². The van der Waals surface area contributed by atoms with Gasteiger partial charge in [0.1, 0.15) is 5.75 Å². The number of hydrogen-bond donors (Lipinski definition) is 2. The van der Waals surface area contributed by atoms with Gasteiger partial charge >= 0.3 is 6.03 Å². The van der Waals surface area contributed by atoms with Crippen molar-refractivity contribution in [3.05, 3.63) is 24.3 Å². The summed E-state index contributed by atoms with van der Waals surface area (Å²) in [6.07, 6.45) is 3.02. The van der Waals surface area contributed by atoms with Crippen molar-refractivity contribution in [1.29, 1.82) is 0 Å². The third-order valence-electron chi connectivity index (χ3n) is 3.82. The summed E-state index contributed by atoms with van der Waals surface area (Å²) >= 11 is 0. The third kappa shape index (κ3) is 4.36. The lowest BCUT2D eigenvalue weighted by Crippen LogP contribution is -2.48. The Labute approximate surface area is 126 Å². The molecule has 0 radical (unpaired) electrons. The molecule has 0 bridgehead atoms. The standard InChI is InChI=1S/C16H25N3O2/c1-3-12-19(14-8-10-17-11-9-14)16(20)18-13-4-6-15(21-2)7-5-13/h4-7,14,17H,3,8-12H2,1-2H3,(H,18,20). The molecule has 0 atom stereocenters. The largest absolute Gasteiger partial charge is 0.497 e. The minimum absolute atomic E-state index is 0.00563. The first kappa shape index (κ1) is 15.6. The first-order chi connectivity index (χ1) is 10.2. The van der Waals surface area contributed by atoms with E-state index in [1.54, 1.807) is 7.11 Å². The fourth-order valence-electron chi connectivity index (χ4n) is 2.68. The predicted octanol–water partition coefficient (Wildman–Crippen LogP) is 2.69. The first-order valence-electron chi connectivity index (χ1n) is 7.67. The van der Waals surface area contributed by atoms with Gasteiger partial charge in [0.25, 0.3) is 0 Å². The summed E-state index contributed by atoms with van der Waals surface area (Å²) in [4.78, 5) is 14.5. The van der Waals surface area contributed by atoms with E-state index in [-0.39, 0.29) is 6.03 Å². The molecule has 1 aliphatic heterocycles. The number of methoxy groups -OCH3 is 1. The Hall–Kier alpha value is -1.75. The van der Waals surface area contributed by atoms with Gasteiger partial charge in [-0.3, -0.25) is 0 Å². The molecule has 21 heavy (non-hydrogen) atoms. The van der Waals surface area contributed by atoms with Crippen LogP contribution < -0.4 is 15.4 Å². The van der Waals surface area contributed by atoms with Crippen molar-refractivity contribution in [2.24, 2.45) is 0 Å². The number of anilines is 1. The van der Waals surface area contributed by atoms with Crippen LogP contribution in [0.3, 0.4) is 0 Å². The number of carbonyl (C=O) groups excluding carboxylic acids is 1. The number of rotatable bonds is 5. The molecule has 0 spiro atoms. The molecule has 0 aliphatic carbocycles. The molecule has 1 aliphatic rings. The maximum Gasteiger partial charge on any atom is 0.322 e. The topological polar surface area (TPSA) is 53.6 Å². The molecule has 0 unspecified atom stereocenters. The summed E-state index contributed by atoms with van der Waals surface area (Å²) < 4.78 is 5.13. The normalized spacial score (nSPS) is 15.5. The average Bonchev–Trinajstić information content (AvgIpc) is 2.54. The molecule has 116 valence electrons. The summed E-state index contributed by atoms with van der Waals surface area (Å²) in [6.45, 7) is 4.88. The quantitative estimate of drug-likeness (QED) is 0.877. The smallest absolute Gasteiger partial charge is 0.322 e. The summed E-state index contributed by atoms with van der Waals surface area (Å²) in [7, 11) is 1.63. The van der Waals surface area contributed by atoms with E-state index in [0.717, 1.165) is 50.3 Å². The minimum Gasteiger partial charge on any atom is -0.497 e. The van der Waals surface area contributed by atoms with Gasteiger partial charge in [0.05, 0.1) is 7.11 Å². The van der Waals surface area contributed by atoms with E-state index in [0.29, 0.717) is 6.04 Å². The third-order valence-corrected chi connectivity index (χ3v) is 3.82. The van der Waals surface area contributed by atoms with Crippen LogP contribution >= 0.6 is 0 Å². The molecule has 2 N–H and O–H groups in total. The van der Waals surface area contributed by atoms with Crippen LogP contribution in [0.4, 0.5) is 10.5 Å². The molecule has 1 aromatic carbocycles. The fourth-order valence-corrected chi connectivity index (χ4v) is 2.68. The van der Waals surface area contributed by atoms with Crippen molar-refractivity contribution >= 4 is 11.7 Å². The second-order valence-electron chi connectivity index (χ2n) is 5.33. The Kier molecular flexibility index (Phi) is 5.87. The van der Waals surface area contributed by atoms with Crippen LogP contribution in [0, 0.1) is 0 Å². The van der Waals surface area contributed by atoms with Gasteiger partial charge in [-0.1, -0.05) is 6.92 Å². The van der Waals surface area contributed by atoms with E-state index in [9.17, 15) is 4.79 Å². The first-order valence-corrected chi connectivity index (χ1v) is 7.67. The van der Waals surface area contributed by atoms with E-state index in [2.05, 4.69) is 17.6 Å². The van der Waals surface area contributed by atoms with E-state index >= 15 is 0 Å². The molecule has 1 aromatic rings. The maximum atomic E-state index is 12.5. The molecule has 5 heteroatoms. The maximum absolute atomic E-state index is 12.5. The molecular formula is C16H25N3O2. The zero-order valence-electron chi connectivity index (χ0n) is 12.9. The van der Waals surface area contributed by atoms with Gasteiger partial charge in [-0.2, -0.15) is 0 Å². The molecule has 5 nitrogen and oxygen atoms in total. The van der Waals surface area contributed by atoms with Gasteiger partial charge in [-0.15, -0.1) is 0 Å². The Bertz CT molecular complexity index is 441. The molecule has 0 saturated carbocycles. The van der Waals surface area contributed by atoms with Crippen LogP contribution in [0.15, 0.2) is 24.3 Å². The summed E-state index contributed by atoms with van der Waals surface area (Å²) in [5.41, 5.74) is 0.802. The van der Waals surface area contributed by atoms with Crippen molar-refractivity contribution in [3.8, 4) is 5.75 Å². The average molecular weight is 291 g/mol. The van der Waals surface area contributed by atoms with E-state index in [4.69, 9.17) is 4.74 Å². The van der Waals surface area contributed by atoms with E-state index < -0.39 is 0 Å². The lowest BCUT2D eigenvalue weighted by Gasteiger charge is -2.34. The van der Waals surface area contributed by atoms with Gasteiger partial charge in [-0.25, -0.2) is 4.79 Å². The monoisotopic (exact) mass is 291 g/mol. The zero-order valence-corrected chi connectivity index (χ0v) is 12.9. The van der Waals surface area contributed by atoms with Crippen LogP contribution in [0.25, 0.3) is 0 Å². The molecule has 1 fully saturated rings. The molecule has 0 aromatic heterocycles. The van der Waals surface area contributed by atoms with Gasteiger partial charge in [0.2, 0.25) is 0 Å². The fraction of sp³-hybridized carbons (Fsp3) is 0.562. The van der Waals surface area contributed by atoms with Crippen molar-refractivity contribution in [3.63, 3.8) is 0 Å². The number of ether oxygens (including phenoxy) is 1. The molecule has 2 amide bonds. The number of hydrogen-bond acceptors (Lipinski definition) is 3. The number of piperidine rings is 1. The van der Waals surface area contributed by atoms with Gasteiger partial charge in [0, 0.05) is 18.3 Å². The van der Waals surface area contributed by atoms with E-state index in [1.807, 2.05) is 29.2 Å². The minimum atomic E-state index is -0.00563. The Morgan fingerprint density at radius 2 is 2.00 bits per heavy atom. The van der Waals surface area contributed by atoms with Crippen LogP contribution in [-0.4, -0.2) is 43.7 Å². The number of urea groups is 1. The zero-order chi connectivity index (χ0) is 15.1. The van der Waals surface area contributed by atoms with Crippen molar-refractivity contribution in [2.45, 2.75) is 32.2 Å². The van der Waals surface area contributed by atoms with Crippen LogP contribution in [0.1, 0.15) is 26.2 Å². The highest BCUT2D eigenvalue weighted by atomic mass is 16.5. The highest BCUT2D eigenvalue weighted by Crippen LogP contribution is 2.18. The summed E-state index contributed by atoms with van der Waals surface area (Å²) in [6, 6.07) is 7.76. The molecule has 1 saturated heterocycles. The van der Waals surface area contributed by atoms with Crippen molar-refractivity contribution in [2.75, 3.05) is 32.1 Å². The highest BCUT2D eigenvalue weighted by Gasteiger charge is 2.24. The predicted molar refractivity (Wildman–Crippen MR) is 84.9 cm³/mol. The number of amides is 2. The second-order valence-corrected chi connectivity index (χ2v) is 5.33. The molecule has 1 heterocycles.